The van der Waals surface area contributed by atoms with Crippen LogP contribution in [0, 0.1) is 0 Å². The van der Waals surface area contributed by atoms with E-state index in [1.165, 1.54) is 0 Å². The number of carbonyl (C=O) groups is 1. The van der Waals surface area contributed by atoms with Gasteiger partial charge in [-0.3, -0.25) is 9.78 Å². The van der Waals surface area contributed by atoms with Crippen molar-refractivity contribution in [3.05, 3.63) is 66.1 Å². The summed E-state index contributed by atoms with van der Waals surface area (Å²) in [5.41, 5.74) is 2.76. The summed E-state index contributed by atoms with van der Waals surface area (Å²) in [6, 6.07) is 13.2. The molecule has 27 heavy (non-hydrogen) atoms. The molecule has 142 valence electrons. The third kappa shape index (κ3) is 5.15. The number of H-pyrrole nitrogens is 1. The minimum Gasteiger partial charge on any atom is -0.361 e. The molecule has 0 aliphatic rings. The molecule has 7 nitrogen and oxygen atoms in total. The molecule has 1 aromatic carbocycles. The summed E-state index contributed by atoms with van der Waals surface area (Å²) in [7, 11) is -3.53. The van der Waals surface area contributed by atoms with Crippen LogP contribution in [0.15, 0.2) is 54.9 Å². The van der Waals surface area contributed by atoms with Crippen LogP contribution in [-0.4, -0.2) is 47.9 Å². The second kappa shape index (κ2) is 8.32. The Morgan fingerprint density at radius 1 is 1.19 bits per heavy atom. The van der Waals surface area contributed by atoms with Crippen LogP contribution in [0.2, 0.25) is 0 Å². The maximum absolute atomic E-state index is 12.2. The highest BCUT2D eigenvalue weighted by atomic mass is 32.2. The van der Waals surface area contributed by atoms with Crippen molar-refractivity contribution in [2.45, 2.75) is 13.0 Å². The van der Waals surface area contributed by atoms with Crippen LogP contribution in [0.3, 0.4) is 0 Å². The Labute approximate surface area is 158 Å². The maximum atomic E-state index is 12.2. The number of rotatable bonds is 8. The molecule has 0 spiro atoms. The van der Waals surface area contributed by atoms with E-state index < -0.39 is 10.0 Å². The molecule has 0 saturated heterocycles. The van der Waals surface area contributed by atoms with Gasteiger partial charge in [0.25, 0.3) is 0 Å². The molecule has 2 heterocycles. The zero-order valence-electron chi connectivity index (χ0n) is 15.1. The van der Waals surface area contributed by atoms with Crippen LogP contribution >= 0.6 is 0 Å². The molecule has 0 atom stereocenters. The molecule has 2 N–H and O–H groups in total. The molecule has 0 aliphatic heterocycles. The maximum Gasteiger partial charge on any atom is 0.235 e. The molecule has 2 aromatic heterocycles. The molecule has 3 aromatic rings. The lowest BCUT2D eigenvalue weighted by atomic mass is 10.1. The quantitative estimate of drug-likeness (QED) is 0.616. The van der Waals surface area contributed by atoms with Crippen molar-refractivity contribution in [3.63, 3.8) is 0 Å². The van der Waals surface area contributed by atoms with E-state index in [9.17, 15) is 13.2 Å². The van der Waals surface area contributed by atoms with E-state index in [1.807, 2.05) is 30.5 Å². The van der Waals surface area contributed by atoms with E-state index in [4.69, 9.17) is 0 Å². The van der Waals surface area contributed by atoms with Gasteiger partial charge < -0.3 is 10.3 Å². The van der Waals surface area contributed by atoms with Gasteiger partial charge in [0.1, 0.15) is 0 Å². The fourth-order valence-electron chi connectivity index (χ4n) is 2.85. The van der Waals surface area contributed by atoms with Gasteiger partial charge in [-0.05, 0) is 30.2 Å². The number of aromatic nitrogens is 2. The minimum atomic E-state index is -3.53. The van der Waals surface area contributed by atoms with Gasteiger partial charge in [-0.15, -0.1) is 0 Å². The van der Waals surface area contributed by atoms with Gasteiger partial charge in [0.2, 0.25) is 15.9 Å². The number of pyridine rings is 1. The SMILES string of the molecule is CS(=O)(=O)N(CC(=O)NCCc1c[nH]c2ccccc12)Cc1ccccn1. The third-order valence-electron chi connectivity index (χ3n) is 4.24. The number of benzene rings is 1. The molecule has 8 heteroatoms. The van der Waals surface area contributed by atoms with Crippen molar-refractivity contribution < 1.29 is 13.2 Å². The molecule has 0 saturated carbocycles. The first kappa shape index (κ1) is 19.1. The zero-order valence-corrected chi connectivity index (χ0v) is 15.9. The molecule has 0 unspecified atom stereocenters. The van der Waals surface area contributed by atoms with Gasteiger partial charge in [-0.25, -0.2) is 8.42 Å². The topological polar surface area (TPSA) is 95.2 Å². The highest BCUT2D eigenvalue weighted by molar-refractivity contribution is 7.88. The molecule has 3 rings (SSSR count). The lowest BCUT2D eigenvalue weighted by Crippen LogP contribution is -2.40. The lowest BCUT2D eigenvalue weighted by molar-refractivity contribution is -0.121. The molecule has 1 amide bonds. The smallest absolute Gasteiger partial charge is 0.235 e. The van der Waals surface area contributed by atoms with Crippen molar-refractivity contribution in [1.82, 2.24) is 19.6 Å². The Bertz CT molecular complexity index is 1020. The Balaban J connectivity index is 1.56. The highest BCUT2D eigenvalue weighted by Gasteiger charge is 2.20. The van der Waals surface area contributed by atoms with Gasteiger partial charge in [-0.2, -0.15) is 4.31 Å². The first-order chi connectivity index (χ1) is 12.9. The fraction of sp³-hybridized carbons (Fsp3) is 0.263. The summed E-state index contributed by atoms with van der Waals surface area (Å²) in [5, 5.41) is 3.92. The number of aromatic amines is 1. The van der Waals surface area contributed by atoms with Crippen molar-refractivity contribution in [3.8, 4) is 0 Å². The molecule has 0 aliphatic carbocycles. The first-order valence-corrected chi connectivity index (χ1v) is 10.4. The normalized spacial score (nSPS) is 11.8. The summed E-state index contributed by atoms with van der Waals surface area (Å²) in [6.07, 6.45) is 5.28. The molecular weight excluding hydrogens is 364 g/mol. The highest BCUT2D eigenvalue weighted by Crippen LogP contribution is 2.17. The zero-order chi connectivity index (χ0) is 19.3. The van der Waals surface area contributed by atoms with Gasteiger partial charge >= 0.3 is 0 Å². The number of hydrogen-bond acceptors (Lipinski definition) is 4. The van der Waals surface area contributed by atoms with Gasteiger partial charge in [0, 0.05) is 29.8 Å². The number of amides is 1. The van der Waals surface area contributed by atoms with Crippen LogP contribution in [0.5, 0.6) is 0 Å². The summed E-state index contributed by atoms with van der Waals surface area (Å²) in [4.78, 5) is 19.6. The molecular formula is C19H22N4O3S. The Morgan fingerprint density at radius 3 is 2.70 bits per heavy atom. The van der Waals surface area contributed by atoms with E-state index in [1.54, 1.807) is 24.4 Å². The average Bonchev–Trinajstić information content (AvgIpc) is 3.05. The second-order valence-electron chi connectivity index (χ2n) is 6.31. The van der Waals surface area contributed by atoms with E-state index in [0.717, 1.165) is 27.0 Å². The van der Waals surface area contributed by atoms with E-state index in [0.29, 0.717) is 18.7 Å². The first-order valence-electron chi connectivity index (χ1n) is 8.60. The summed E-state index contributed by atoms with van der Waals surface area (Å²) >= 11 is 0. The number of hydrogen-bond donors (Lipinski definition) is 2. The van der Waals surface area contributed by atoms with E-state index >= 15 is 0 Å². The van der Waals surface area contributed by atoms with E-state index in [2.05, 4.69) is 15.3 Å². The summed E-state index contributed by atoms with van der Waals surface area (Å²) < 4.78 is 25.1. The Hall–Kier alpha value is -2.71. The fourth-order valence-corrected chi connectivity index (χ4v) is 3.57. The number of sulfonamides is 1. The monoisotopic (exact) mass is 386 g/mol. The standard InChI is InChI=1S/C19H22N4O3S/c1-27(25,26)23(13-16-6-4-5-10-20-16)14-19(24)21-11-9-15-12-22-18-8-3-2-7-17(15)18/h2-8,10,12,22H,9,11,13-14H2,1H3,(H,21,24). The number of para-hydroxylation sites is 1. The van der Waals surface area contributed by atoms with Crippen molar-refractivity contribution >= 4 is 26.8 Å². The van der Waals surface area contributed by atoms with Crippen LogP contribution in [0.4, 0.5) is 0 Å². The molecule has 0 fully saturated rings. The lowest BCUT2D eigenvalue weighted by Gasteiger charge is -2.19. The van der Waals surface area contributed by atoms with Crippen molar-refractivity contribution in [2.75, 3.05) is 19.3 Å². The molecule has 0 radical (unpaired) electrons. The number of carbonyl (C=O) groups excluding carboxylic acids is 1. The van der Waals surface area contributed by atoms with Crippen LogP contribution in [0.1, 0.15) is 11.3 Å². The Kier molecular flexibility index (Phi) is 5.88. The van der Waals surface area contributed by atoms with Crippen molar-refractivity contribution in [2.24, 2.45) is 0 Å². The molecule has 0 bridgehead atoms. The number of nitrogens with one attached hydrogen (secondary N) is 2. The number of fused-ring (bicyclic) bond motifs is 1. The van der Waals surface area contributed by atoms with Gasteiger partial charge in [0.15, 0.2) is 0 Å². The van der Waals surface area contributed by atoms with E-state index in [-0.39, 0.29) is 19.0 Å². The summed E-state index contributed by atoms with van der Waals surface area (Å²) in [5.74, 6) is -0.337. The largest absolute Gasteiger partial charge is 0.361 e. The van der Waals surface area contributed by atoms with Crippen LogP contribution in [-0.2, 0) is 27.8 Å². The predicted molar refractivity (Wildman–Crippen MR) is 105 cm³/mol. The van der Waals surface area contributed by atoms with Crippen LogP contribution < -0.4 is 5.32 Å². The second-order valence-corrected chi connectivity index (χ2v) is 8.29. The minimum absolute atomic E-state index is 0.0650. The summed E-state index contributed by atoms with van der Waals surface area (Å²) in [6.45, 7) is 0.265. The predicted octanol–water partition coefficient (Wildman–Crippen LogP) is 1.68. The van der Waals surface area contributed by atoms with Crippen LogP contribution in [0.25, 0.3) is 10.9 Å². The Morgan fingerprint density at radius 2 is 1.96 bits per heavy atom. The van der Waals surface area contributed by atoms with Gasteiger partial charge in [-0.1, -0.05) is 24.3 Å². The third-order valence-corrected chi connectivity index (χ3v) is 5.44. The average molecular weight is 386 g/mol. The van der Waals surface area contributed by atoms with Crippen molar-refractivity contribution in [1.29, 1.82) is 0 Å². The number of nitrogens with zero attached hydrogens (tertiary/aromatic N) is 2. The van der Waals surface area contributed by atoms with Gasteiger partial charge in [0.05, 0.1) is 25.0 Å².